The van der Waals surface area contributed by atoms with Crippen molar-refractivity contribution < 1.29 is 28.2 Å². The predicted octanol–water partition coefficient (Wildman–Crippen LogP) is 1.44. The van der Waals surface area contributed by atoms with Crippen molar-refractivity contribution in [1.82, 2.24) is 4.57 Å². The number of fused-ring (bicyclic) bond motifs is 2. The predicted molar refractivity (Wildman–Crippen MR) is 104 cm³/mol. The SMILES string of the molecule is COc1c(N2CC(N)C3OCCC32)c(F)cc2c(=O)c(C(=O)O)cn([C@@H]3C[C@@H]3F)c12. The van der Waals surface area contributed by atoms with Crippen LogP contribution < -0.4 is 20.8 Å². The maximum absolute atomic E-state index is 15.4. The van der Waals surface area contributed by atoms with E-state index in [4.69, 9.17) is 15.2 Å². The van der Waals surface area contributed by atoms with Gasteiger partial charge in [0.1, 0.15) is 17.4 Å². The van der Waals surface area contributed by atoms with Gasteiger partial charge in [0.25, 0.3) is 0 Å². The van der Waals surface area contributed by atoms with E-state index >= 15 is 4.39 Å². The first-order chi connectivity index (χ1) is 14.3. The summed E-state index contributed by atoms with van der Waals surface area (Å²) in [5, 5.41) is 9.25. The molecule has 0 amide bonds. The Morgan fingerprint density at radius 1 is 1.40 bits per heavy atom. The van der Waals surface area contributed by atoms with Gasteiger partial charge in [0.15, 0.2) is 11.6 Å². The summed E-state index contributed by atoms with van der Waals surface area (Å²) in [6.45, 7) is 0.843. The molecular formula is C20H21F2N3O5. The fraction of sp³-hybridized carbons (Fsp3) is 0.500. The molecule has 1 aromatic carbocycles. The summed E-state index contributed by atoms with van der Waals surface area (Å²) in [6.07, 6.45) is 0.556. The lowest BCUT2D eigenvalue weighted by molar-refractivity contribution is 0.0694. The highest BCUT2D eigenvalue weighted by Crippen LogP contribution is 2.47. The van der Waals surface area contributed by atoms with Crippen LogP contribution in [-0.4, -0.2) is 60.3 Å². The van der Waals surface area contributed by atoms with Crippen molar-refractivity contribution in [2.75, 3.05) is 25.2 Å². The van der Waals surface area contributed by atoms with E-state index in [1.165, 1.54) is 11.7 Å². The zero-order valence-electron chi connectivity index (χ0n) is 16.2. The molecule has 1 aliphatic carbocycles. The fourth-order valence-corrected chi connectivity index (χ4v) is 4.82. The topological polar surface area (TPSA) is 107 Å². The van der Waals surface area contributed by atoms with Crippen molar-refractivity contribution >= 4 is 22.6 Å². The van der Waals surface area contributed by atoms with Crippen molar-refractivity contribution in [3.8, 4) is 5.75 Å². The molecule has 0 spiro atoms. The van der Waals surface area contributed by atoms with Gasteiger partial charge in [0.2, 0.25) is 5.43 Å². The minimum Gasteiger partial charge on any atom is -0.492 e. The zero-order valence-corrected chi connectivity index (χ0v) is 16.2. The number of carboxylic acids is 1. The first kappa shape index (κ1) is 19.3. The third-order valence-corrected chi connectivity index (χ3v) is 6.29. The summed E-state index contributed by atoms with van der Waals surface area (Å²) in [5.41, 5.74) is 5.12. The molecule has 3 fully saturated rings. The molecule has 8 nitrogen and oxygen atoms in total. The molecule has 3 aliphatic rings. The van der Waals surface area contributed by atoms with Gasteiger partial charge in [0, 0.05) is 25.8 Å². The Hall–Kier alpha value is -2.72. The van der Waals surface area contributed by atoms with Gasteiger partial charge in [-0.2, -0.15) is 0 Å². The molecular weight excluding hydrogens is 400 g/mol. The zero-order chi connectivity index (χ0) is 21.3. The Bertz CT molecular complexity index is 1120. The lowest BCUT2D eigenvalue weighted by Gasteiger charge is -2.28. The van der Waals surface area contributed by atoms with Crippen LogP contribution in [0.4, 0.5) is 14.5 Å². The van der Waals surface area contributed by atoms with Crippen LogP contribution in [0.3, 0.4) is 0 Å². The second-order valence-corrected chi connectivity index (χ2v) is 8.05. The van der Waals surface area contributed by atoms with Crippen molar-refractivity contribution in [1.29, 1.82) is 0 Å². The number of aromatic carboxylic acids is 1. The average Bonchev–Trinajstić information content (AvgIpc) is 3.11. The summed E-state index contributed by atoms with van der Waals surface area (Å²) >= 11 is 0. The maximum atomic E-state index is 15.4. The Labute approximate surface area is 169 Å². The van der Waals surface area contributed by atoms with Gasteiger partial charge in [-0.3, -0.25) is 4.79 Å². The largest absolute Gasteiger partial charge is 0.492 e. The number of hydrogen-bond donors (Lipinski definition) is 2. The summed E-state index contributed by atoms with van der Waals surface area (Å²) in [5.74, 6) is -2.11. The highest BCUT2D eigenvalue weighted by atomic mass is 19.1. The minimum absolute atomic E-state index is 0.0675. The number of methoxy groups -OCH3 is 1. The third-order valence-electron chi connectivity index (χ3n) is 6.29. The smallest absolute Gasteiger partial charge is 0.341 e. The molecule has 3 heterocycles. The second-order valence-electron chi connectivity index (χ2n) is 8.05. The number of rotatable bonds is 4. The van der Waals surface area contributed by atoms with E-state index in [0.717, 1.165) is 12.3 Å². The van der Waals surface area contributed by atoms with Crippen LogP contribution in [0.25, 0.3) is 10.9 Å². The normalized spacial score (nSPS) is 30.0. The summed E-state index contributed by atoms with van der Waals surface area (Å²) in [7, 11) is 1.34. The maximum Gasteiger partial charge on any atom is 0.341 e. The van der Waals surface area contributed by atoms with Gasteiger partial charge in [-0.1, -0.05) is 0 Å². The second kappa shape index (κ2) is 6.64. The average molecular weight is 421 g/mol. The Morgan fingerprint density at radius 2 is 2.13 bits per heavy atom. The monoisotopic (exact) mass is 421 g/mol. The van der Waals surface area contributed by atoms with Crippen molar-refractivity contribution in [3.63, 3.8) is 0 Å². The Morgan fingerprint density at radius 3 is 2.77 bits per heavy atom. The summed E-state index contributed by atoms with van der Waals surface area (Å²) < 4.78 is 42.0. The van der Waals surface area contributed by atoms with Crippen LogP contribution >= 0.6 is 0 Å². The number of carbonyl (C=O) groups is 1. The number of ether oxygens (including phenoxy) is 2. The highest BCUT2D eigenvalue weighted by molar-refractivity contribution is 5.97. The van der Waals surface area contributed by atoms with Gasteiger partial charge in [-0.15, -0.1) is 0 Å². The number of benzene rings is 1. The highest BCUT2D eigenvalue weighted by Gasteiger charge is 2.47. The summed E-state index contributed by atoms with van der Waals surface area (Å²) in [4.78, 5) is 26.1. The number of nitrogens with zero attached hydrogens (tertiary/aromatic N) is 2. The van der Waals surface area contributed by atoms with Crippen molar-refractivity contribution in [2.24, 2.45) is 5.73 Å². The van der Waals surface area contributed by atoms with Gasteiger partial charge in [-0.25, -0.2) is 13.6 Å². The van der Waals surface area contributed by atoms with Crippen LogP contribution in [0.5, 0.6) is 5.75 Å². The van der Waals surface area contributed by atoms with Crippen molar-refractivity contribution in [3.05, 3.63) is 33.9 Å². The van der Waals surface area contributed by atoms with E-state index in [0.29, 0.717) is 19.6 Å². The van der Waals surface area contributed by atoms with Crippen LogP contribution in [0.15, 0.2) is 17.1 Å². The Kier molecular flexibility index (Phi) is 4.26. The van der Waals surface area contributed by atoms with Gasteiger partial charge in [-0.05, 0) is 12.5 Å². The molecule has 5 atom stereocenters. The molecule has 30 heavy (non-hydrogen) atoms. The lowest BCUT2D eigenvalue weighted by atomic mass is 10.1. The van der Waals surface area contributed by atoms with E-state index in [1.54, 1.807) is 4.90 Å². The van der Waals surface area contributed by atoms with E-state index in [1.807, 2.05) is 0 Å². The van der Waals surface area contributed by atoms with Crippen molar-refractivity contribution in [2.45, 2.75) is 43.2 Å². The first-order valence-corrected chi connectivity index (χ1v) is 9.80. The lowest BCUT2D eigenvalue weighted by Crippen LogP contribution is -2.35. The van der Waals surface area contributed by atoms with Crippen LogP contribution in [-0.2, 0) is 4.74 Å². The number of alkyl halides is 1. The van der Waals surface area contributed by atoms with Gasteiger partial charge >= 0.3 is 5.97 Å². The van der Waals surface area contributed by atoms with E-state index in [-0.39, 0.29) is 46.9 Å². The summed E-state index contributed by atoms with van der Waals surface area (Å²) in [6, 6.07) is -0.0774. The molecule has 3 N–H and O–H groups in total. The molecule has 1 saturated carbocycles. The minimum atomic E-state index is -1.45. The van der Waals surface area contributed by atoms with Gasteiger partial charge in [0.05, 0.1) is 42.2 Å². The van der Waals surface area contributed by atoms with E-state index < -0.39 is 35.0 Å². The number of pyridine rings is 1. The molecule has 2 saturated heterocycles. The first-order valence-electron chi connectivity index (χ1n) is 9.80. The number of anilines is 1. The van der Waals surface area contributed by atoms with E-state index in [9.17, 15) is 19.1 Å². The molecule has 3 unspecified atom stereocenters. The molecule has 5 rings (SSSR count). The quantitative estimate of drug-likeness (QED) is 0.769. The van der Waals surface area contributed by atoms with Crippen LogP contribution in [0.1, 0.15) is 29.2 Å². The molecule has 160 valence electrons. The number of halogens is 2. The van der Waals surface area contributed by atoms with Crippen LogP contribution in [0, 0.1) is 5.82 Å². The molecule has 2 aliphatic heterocycles. The number of nitrogens with two attached hydrogens (primary N) is 1. The third kappa shape index (κ3) is 2.63. The molecule has 10 heteroatoms. The fourth-order valence-electron chi connectivity index (χ4n) is 4.82. The molecule has 1 aromatic heterocycles. The van der Waals surface area contributed by atoms with Gasteiger partial charge < -0.3 is 29.8 Å². The van der Waals surface area contributed by atoms with Crippen LogP contribution in [0.2, 0.25) is 0 Å². The molecule has 0 bridgehead atoms. The standard InChI is InChI=1S/C20H21F2N3O5/c1-29-19-15-8(17(26)9(20(27)28)6-24(15)14-5-10(14)21)4-11(22)16(19)25-7-12(23)18-13(25)2-3-30-18/h4,6,10,12-14,18H,2-3,5,7,23H2,1H3,(H,27,28)/t10-,12?,13?,14+,18?/m0/s1. The molecule has 2 aromatic rings. The molecule has 0 radical (unpaired) electrons. The number of carboxylic acid groups (broad SMARTS) is 1. The number of hydrogen-bond acceptors (Lipinski definition) is 6. The van der Waals surface area contributed by atoms with E-state index in [2.05, 4.69) is 0 Å². The number of aromatic nitrogens is 1. The Balaban J connectivity index is 1.80.